The molecule has 0 aliphatic rings. The summed E-state index contributed by atoms with van der Waals surface area (Å²) >= 11 is 5.61. The molecule has 0 saturated carbocycles. The monoisotopic (exact) mass is 368 g/mol. The van der Waals surface area contributed by atoms with E-state index in [0.29, 0.717) is 24.5 Å². The maximum Gasteiger partial charge on any atom is 0.199 e. The Labute approximate surface area is 157 Å². The van der Waals surface area contributed by atoms with Gasteiger partial charge in [-0.1, -0.05) is 48.5 Å². The summed E-state index contributed by atoms with van der Waals surface area (Å²) < 4.78 is 17.8. The number of rotatable bonds is 7. The minimum absolute atomic E-state index is 0.228. The van der Waals surface area contributed by atoms with Gasteiger partial charge in [0.2, 0.25) is 0 Å². The van der Waals surface area contributed by atoms with Crippen LogP contribution in [0.5, 0.6) is 0 Å². The van der Waals surface area contributed by atoms with Gasteiger partial charge in [-0.05, 0) is 37.0 Å². The number of aromatic nitrogens is 3. The van der Waals surface area contributed by atoms with Crippen molar-refractivity contribution in [2.24, 2.45) is 0 Å². The van der Waals surface area contributed by atoms with Crippen molar-refractivity contribution in [3.8, 4) is 11.4 Å². The number of hydrogen-bond acceptors (Lipinski definition) is 3. The topological polar surface area (TPSA) is 26.0 Å². The minimum atomic E-state index is -0.228. The molecule has 0 spiro atoms. The molecule has 0 aliphatic carbocycles. The zero-order valence-corrected chi connectivity index (χ0v) is 15.5. The standard InChI is InChI=1S/C20H21FN4S/c1-3-12-24-19(17-9-5-4-6-10-17)22-25(20(24)26)15-23(2)14-16-8-7-11-18(21)13-16/h3-11,13H,1,12,14-15H2,2H3. The summed E-state index contributed by atoms with van der Waals surface area (Å²) in [6.45, 7) is 5.53. The largest absolute Gasteiger partial charge is 0.296 e. The van der Waals surface area contributed by atoms with Gasteiger partial charge in [0.1, 0.15) is 5.82 Å². The van der Waals surface area contributed by atoms with E-state index in [1.165, 1.54) is 6.07 Å². The van der Waals surface area contributed by atoms with Gasteiger partial charge < -0.3 is 0 Å². The fourth-order valence-corrected chi connectivity index (χ4v) is 3.11. The number of allylic oxidation sites excluding steroid dienone is 1. The highest BCUT2D eigenvalue weighted by atomic mass is 32.1. The Bertz CT molecular complexity index is 946. The van der Waals surface area contributed by atoms with Crippen LogP contribution in [0.25, 0.3) is 11.4 Å². The lowest BCUT2D eigenvalue weighted by Crippen LogP contribution is -2.22. The van der Waals surface area contributed by atoms with Crippen LogP contribution in [0.4, 0.5) is 4.39 Å². The summed E-state index contributed by atoms with van der Waals surface area (Å²) in [7, 11) is 1.96. The van der Waals surface area contributed by atoms with E-state index in [4.69, 9.17) is 17.3 Å². The molecule has 0 bridgehead atoms. The third-order valence-corrected chi connectivity index (χ3v) is 4.41. The predicted molar refractivity (Wildman–Crippen MR) is 105 cm³/mol. The zero-order valence-electron chi connectivity index (χ0n) is 14.7. The molecular weight excluding hydrogens is 347 g/mol. The van der Waals surface area contributed by atoms with E-state index in [-0.39, 0.29) is 5.82 Å². The van der Waals surface area contributed by atoms with Gasteiger partial charge in [-0.2, -0.15) is 5.10 Å². The Hall–Kier alpha value is -2.57. The lowest BCUT2D eigenvalue weighted by atomic mass is 10.2. The molecular formula is C20H21FN4S. The van der Waals surface area contributed by atoms with E-state index in [1.54, 1.807) is 16.8 Å². The highest BCUT2D eigenvalue weighted by molar-refractivity contribution is 7.71. The van der Waals surface area contributed by atoms with E-state index >= 15 is 0 Å². The molecule has 0 amide bonds. The van der Waals surface area contributed by atoms with Crippen LogP contribution in [0.2, 0.25) is 0 Å². The summed E-state index contributed by atoms with van der Waals surface area (Å²) in [6.07, 6.45) is 1.81. The van der Waals surface area contributed by atoms with Crippen LogP contribution in [-0.4, -0.2) is 26.3 Å². The Kier molecular flexibility index (Phi) is 5.75. The van der Waals surface area contributed by atoms with Gasteiger partial charge >= 0.3 is 0 Å². The van der Waals surface area contributed by atoms with Crippen molar-refractivity contribution in [1.29, 1.82) is 0 Å². The van der Waals surface area contributed by atoms with Crippen LogP contribution in [0, 0.1) is 10.6 Å². The van der Waals surface area contributed by atoms with Crippen LogP contribution in [0.3, 0.4) is 0 Å². The average Bonchev–Trinajstić information content (AvgIpc) is 2.92. The van der Waals surface area contributed by atoms with Crippen molar-refractivity contribution < 1.29 is 4.39 Å². The molecule has 26 heavy (non-hydrogen) atoms. The van der Waals surface area contributed by atoms with Crippen molar-refractivity contribution in [2.75, 3.05) is 7.05 Å². The van der Waals surface area contributed by atoms with Crippen molar-refractivity contribution in [1.82, 2.24) is 19.2 Å². The maximum absolute atomic E-state index is 13.4. The molecule has 1 heterocycles. The van der Waals surface area contributed by atoms with E-state index < -0.39 is 0 Å². The second-order valence-electron chi connectivity index (χ2n) is 6.16. The van der Waals surface area contributed by atoms with Crippen LogP contribution < -0.4 is 0 Å². The van der Waals surface area contributed by atoms with Crippen LogP contribution in [0.1, 0.15) is 5.56 Å². The van der Waals surface area contributed by atoms with E-state index in [0.717, 1.165) is 17.0 Å². The molecule has 4 nitrogen and oxygen atoms in total. The second-order valence-corrected chi connectivity index (χ2v) is 6.52. The minimum Gasteiger partial charge on any atom is -0.296 e. The first-order valence-electron chi connectivity index (χ1n) is 8.35. The zero-order chi connectivity index (χ0) is 18.5. The molecule has 3 rings (SSSR count). The summed E-state index contributed by atoms with van der Waals surface area (Å²) in [4.78, 5) is 2.05. The highest BCUT2D eigenvalue weighted by Gasteiger charge is 2.13. The third kappa shape index (κ3) is 4.15. The van der Waals surface area contributed by atoms with Crippen molar-refractivity contribution in [3.05, 3.63) is 83.4 Å². The Morgan fingerprint density at radius 3 is 2.65 bits per heavy atom. The Balaban J connectivity index is 1.86. The molecule has 0 aliphatic heterocycles. The SMILES string of the molecule is C=CCn1c(-c2ccccc2)nn(CN(C)Cc2cccc(F)c2)c1=S. The summed E-state index contributed by atoms with van der Waals surface area (Å²) in [5, 5.41) is 4.71. The van der Waals surface area contributed by atoms with Gasteiger partial charge in [0.05, 0.1) is 6.67 Å². The lowest BCUT2D eigenvalue weighted by molar-refractivity contribution is 0.243. The molecule has 1 aromatic heterocycles. The fraction of sp³-hybridized carbons (Fsp3) is 0.200. The normalized spacial score (nSPS) is 11.0. The Morgan fingerprint density at radius 2 is 1.96 bits per heavy atom. The molecule has 0 saturated heterocycles. The van der Waals surface area contributed by atoms with Gasteiger partial charge in [-0.15, -0.1) is 6.58 Å². The summed E-state index contributed by atoms with van der Waals surface area (Å²) in [5.74, 6) is 0.587. The molecule has 0 fully saturated rings. The molecule has 6 heteroatoms. The predicted octanol–water partition coefficient (Wildman–Crippen LogP) is 4.50. The Morgan fingerprint density at radius 1 is 1.19 bits per heavy atom. The maximum atomic E-state index is 13.4. The van der Waals surface area contributed by atoms with E-state index in [2.05, 4.69) is 6.58 Å². The van der Waals surface area contributed by atoms with Crippen LogP contribution in [0.15, 0.2) is 67.3 Å². The molecule has 0 atom stereocenters. The second kappa shape index (κ2) is 8.21. The van der Waals surface area contributed by atoms with Gasteiger partial charge in [0, 0.05) is 18.7 Å². The van der Waals surface area contributed by atoms with Gasteiger partial charge in [0.15, 0.2) is 10.6 Å². The van der Waals surface area contributed by atoms with E-state index in [9.17, 15) is 4.39 Å². The first-order valence-corrected chi connectivity index (χ1v) is 8.76. The molecule has 0 radical (unpaired) electrons. The molecule has 134 valence electrons. The molecule has 0 unspecified atom stereocenters. The number of benzene rings is 2. The molecule has 2 aromatic carbocycles. The number of nitrogens with zero attached hydrogens (tertiary/aromatic N) is 4. The van der Waals surface area contributed by atoms with E-state index in [1.807, 2.05) is 59.0 Å². The average molecular weight is 368 g/mol. The third-order valence-electron chi connectivity index (χ3n) is 3.98. The number of hydrogen-bond donors (Lipinski definition) is 0. The van der Waals surface area contributed by atoms with Crippen molar-refractivity contribution in [3.63, 3.8) is 0 Å². The summed E-state index contributed by atoms with van der Waals surface area (Å²) in [5.41, 5.74) is 1.92. The van der Waals surface area contributed by atoms with Crippen molar-refractivity contribution in [2.45, 2.75) is 19.8 Å². The lowest BCUT2D eigenvalue weighted by Gasteiger charge is -2.16. The first-order chi connectivity index (χ1) is 12.6. The summed E-state index contributed by atoms with van der Waals surface area (Å²) in [6, 6.07) is 16.6. The van der Waals surface area contributed by atoms with Gasteiger partial charge in [-0.3, -0.25) is 9.47 Å². The molecule has 3 aromatic rings. The quantitative estimate of drug-likeness (QED) is 0.454. The number of halogens is 1. The van der Waals surface area contributed by atoms with Gasteiger partial charge in [-0.25, -0.2) is 9.07 Å². The van der Waals surface area contributed by atoms with Gasteiger partial charge in [0.25, 0.3) is 0 Å². The van der Waals surface area contributed by atoms with Crippen LogP contribution >= 0.6 is 12.2 Å². The molecule has 0 N–H and O–H groups in total. The smallest absolute Gasteiger partial charge is 0.199 e. The fourth-order valence-electron chi connectivity index (χ4n) is 2.85. The first kappa shape index (κ1) is 18.2. The highest BCUT2D eigenvalue weighted by Crippen LogP contribution is 2.18. The van der Waals surface area contributed by atoms with Crippen LogP contribution in [-0.2, 0) is 19.8 Å². The van der Waals surface area contributed by atoms with Crippen molar-refractivity contribution >= 4 is 12.2 Å².